The first kappa shape index (κ1) is 12.5. The van der Waals surface area contributed by atoms with Crippen LogP contribution in [0.1, 0.15) is 51.9 Å². The van der Waals surface area contributed by atoms with Crippen molar-refractivity contribution in [3.05, 3.63) is 0 Å². The molecule has 3 aliphatic rings. The molecule has 18 heavy (non-hydrogen) atoms. The van der Waals surface area contributed by atoms with E-state index in [1.165, 1.54) is 38.5 Å². The van der Waals surface area contributed by atoms with Gasteiger partial charge in [0.15, 0.2) is 0 Å². The first-order valence-electron chi connectivity index (χ1n) is 7.72. The van der Waals surface area contributed by atoms with Crippen LogP contribution in [0.4, 0.5) is 0 Å². The number of likely N-dealkylation sites (tertiary alicyclic amines) is 1. The van der Waals surface area contributed by atoms with E-state index in [0.717, 1.165) is 26.1 Å². The van der Waals surface area contributed by atoms with Crippen molar-refractivity contribution >= 4 is 5.91 Å². The predicted octanol–water partition coefficient (Wildman–Crippen LogP) is 2.17. The monoisotopic (exact) mass is 250 g/mol. The number of carbonyl (C=O) groups excluding carboxylic acids is 1. The van der Waals surface area contributed by atoms with Gasteiger partial charge in [-0.2, -0.15) is 0 Å². The van der Waals surface area contributed by atoms with Crippen LogP contribution in [0, 0.1) is 11.3 Å². The fraction of sp³-hybridized carbons (Fsp3) is 0.933. The van der Waals surface area contributed by atoms with Gasteiger partial charge >= 0.3 is 0 Å². The lowest BCUT2D eigenvalue weighted by molar-refractivity contribution is -0.136. The van der Waals surface area contributed by atoms with Gasteiger partial charge in [0.25, 0.3) is 0 Å². The third kappa shape index (κ3) is 2.18. The molecule has 1 N–H and O–H groups in total. The second-order valence-electron chi connectivity index (χ2n) is 6.73. The highest BCUT2D eigenvalue weighted by molar-refractivity contribution is 5.82. The van der Waals surface area contributed by atoms with Gasteiger partial charge in [-0.1, -0.05) is 19.8 Å². The van der Waals surface area contributed by atoms with Crippen LogP contribution in [0.2, 0.25) is 0 Å². The number of rotatable bonds is 1. The van der Waals surface area contributed by atoms with Crippen molar-refractivity contribution < 1.29 is 4.79 Å². The number of nitrogens with one attached hydrogen (secondary N) is 1. The molecule has 0 aromatic heterocycles. The Labute approximate surface area is 110 Å². The molecule has 1 aliphatic carbocycles. The summed E-state index contributed by atoms with van der Waals surface area (Å²) in [4.78, 5) is 14.6. The SMILES string of the molecule is CC1CCNC1C(=O)N1CCC2(CCCC2)CC1. The average Bonchev–Trinajstić information content (AvgIpc) is 2.99. The zero-order chi connectivity index (χ0) is 12.6. The van der Waals surface area contributed by atoms with Crippen LogP contribution in [0.3, 0.4) is 0 Å². The lowest BCUT2D eigenvalue weighted by Crippen LogP contribution is -2.50. The van der Waals surface area contributed by atoms with Gasteiger partial charge in [0.1, 0.15) is 0 Å². The minimum absolute atomic E-state index is 0.0997. The molecule has 1 amide bonds. The van der Waals surface area contributed by atoms with Crippen LogP contribution in [-0.4, -0.2) is 36.5 Å². The molecule has 1 spiro atoms. The van der Waals surface area contributed by atoms with Gasteiger partial charge in [0, 0.05) is 13.1 Å². The van der Waals surface area contributed by atoms with Crippen molar-refractivity contribution in [1.82, 2.24) is 10.2 Å². The Kier molecular flexibility index (Phi) is 3.35. The molecule has 102 valence electrons. The van der Waals surface area contributed by atoms with E-state index >= 15 is 0 Å². The highest BCUT2D eigenvalue weighted by Crippen LogP contribution is 2.46. The van der Waals surface area contributed by atoms with E-state index in [9.17, 15) is 4.79 Å². The molecule has 0 aromatic rings. The summed E-state index contributed by atoms with van der Waals surface area (Å²) in [5, 5.41) is 3.37. The summed E-state index contributed by atoms with van der Waals surface area (Å²) in [6.45, 7) is 5.22. The zero-order valence-corrected chi connectivity index (χ0v) is 11.6. The molecule has 1 saturated carbocycles. The average molecular weight is 250 g/mol. The summed E-state index contributed by atoms with van der Waals surface area (Å²) >= 11 is 0. The third-order valence-electron chi connectivity index (χ3n) is 5.60. The lowest BCUT2D eigenvalue weighted by atomic mass is 9.77. The first-order chi connectivity index (χ1) is 8.70. The Morgan fingerprint density at radius 3 is 2.39 bits per heavy atom. The Hall–Kier alpha value is -0.570. The van der Waals surface area contributed by atoms with Gasteiger partial charge in [-0.3, -0.25) is 4.79 Å². The molecule has 3 heteroatoms. The number of hydrogen-bond acceptors (Lipinski definition) is 2. The van der Waals surface area contributed by atoms with Gasteiger partial charge in [-0.05, 0) is 50.0 Å². The van der Waals surface area contributed by atoms with Crippen LogP contribution >= 0.6 is 0 Å². The number of hydrogen-bond donors (Lipinski definition) is 1. The highest BCUT2D eigenvalue weighted by atomic mass is 16.2. The second kappa shape index (κ2) is 4.84. The first-order valence-corrected chi connectivity index (χ1v) is 7.72. The summed E-state index contributed by atoms with van der Waals surface area (Å²) in [7, 11) is 0. The van der Waals surface area contributed by atoms with Crippen LogP contribution in [-0.2, 0) is 4.79 Å². The summed E-state index contributed by atoms with van der Waals surface area (Å²) in [5.41, 5.74) is 0.617. The highest BCUT2D eigenvalue weighted by Gasteiger charge is 2.40. The molecule has 3 fully saturated rings. The van der Waals surface area contributed by atoms with E-state index in [-0.39, 0.29) is 6.04 Å². The molecule has 0 aromatic carbocycles. The smallest absolute Gasteiger partial charge is 0.239 e. The summed E-state index contributed by atoms with van der Waals surface area (Å²) < 4.78 is 0. The van der Waals surface area contributed by atoms with E-state index in [1.807, 2.05) is 0 Å². The summed E-state index contributed by atoms with van der Waals surface area (Å²) in [6.07, 6.45) is 9.29. The minimum atomic E-state index is 0.0997. The quantitative estimate of drug-likeness (QED) is 0.773. The summed E-state index contributed by atoms with van der Waals surface area (Å²) in [6, 6.07) is 0.0997. The topological polar surface area (TPSA) is 32.3 Å². The Balaban J connectivity index is 1.57. The van der Waals surface area contributed by atoms with E-state index in [1.54, 1.807) is 0 Å². The lowest BCUT2D eigenvalue weighted by Gasteiger charge is -2.40. The molecule has 2 saturated heterocycles. The van der Waals surface area contributed by atoms with Crippen molar-refractivity contribution in [2.45, 2.75) is 57.9 Å². The Morgan fingerprint density at radius 1 is 1.17 bits per heavy atom. The van der Waals surface area contributed by atoms with E-state index in [0.29, 0.717) is 17.2 Å². The van der Waals surface area contributed by atoms with Gasteiger partial charge in [0.2, 0.25) is 5.91 Å². The molecule has 3 nitrogen and oxygen atoms in total. The minimum Gasteiger partial charge on any atom is -0.341 e. The van der Waals surface area contributed by atoms with Gasteiger partial charge in [-0.15, -0.1) is 0 Å². The number of piperidine rings is 1. The molecule has 0 bridgehead atoms. The molecular formula is C15H26N2O. The van der Waals surface area contributed by atoms with Gasteiger partial charge in [-0.25, -0.2) is 0 Å². The van der Waals surface area contributed by atoms with E-state index in [2.05, 4.69) is 17.1 Å². The second-order valence-corrected chi connectivity index (χ2v) is 6.73. The maximum absolute atomic E-state index is 12.5. The maximum atomic E-state index is 12.5. The zero-order valence-electron chi connectivity index (χ0n) is 11.6. The molecule has 2 atom stereocenters. The molecule has 2 heterocycles. The molecule has 3 rings (SSSR count). The van der Waals surface area contributed by atoms with Gasteiger partial charge < -0.3 is 10.2 Å². The fourth-order valence-corrected chi connectivity index (χ4v) is 4.19. The van der Waals surface area contributed by atoms with Crippen molar-refractivity contribution in [2.75, 3.05) is 19.6 Å². The molecular weight excluding hydrogens is 224 g/mol. The van der Waals surface area contributed by atoms with Crippen molar-refractivity contribution in [3.8, 4) is 0 Å². The maximum Gasteiger partial charge on any atom is 0.239 e. The molecule has 0 radical (unpaired) electrons. The van der Waals surface area contributed by atoms with Crippen molar-refractivity contribution in [2.24, 2.45) is 11.3 Å². The standard InChI is InChI=1S/C15H26N2O/c1-12-4-9-16-13(12)14(18)17-10-7-15(8-11-17)5-2-3-6-15/h12-13,16H,2-11H2,1H3. The van der Waals surface area contributed by atoms with E-state index < -0.39 is 0 Å². The van der Waals surface area contributed by atoms with Crippen LogP contribution in [0.5, 0.6) is 0 Å². The molecule has 2 unspecified atom stereocenters. The van der Waals surface area contributed by atoms with Crippen LogP contribution in [0.15, 0.2) is 0 Å². The number of nitrogens with zero attached hydrogens (tertiary/aromatic N) is 1. The van der Waals surface area contributed by atoms with Crippen molar-refractivity contribution in [1.29, 1.82) is 0 Å². The third-order valence-corrected chi connectivity index (χ3v) is 5.60. The molecule has 2 aliphatic heterocycles. The number of carbonyl (C=O) groups is 1. The van der Waals surface area contributed by atoms with Crippen LogP contribution in [0.25, 0.3) is 0 Å². The van der Waals surface area contributed by atoms with Crippen LogP contribution < -0.4 is 5.32 Å². The largest absolute Gasteiger partial charge is 0.341 e. The summed E-state index contributed by atoms with van der Waals surface area (Å²) in [5.74, 6) is 0.882. The number of amides is 1. The fourth-order valence-electron chi connectivity index (χ4n) is 4.19. The Morgan fingerprint density at radius 2 is 1.83 bits per heavy atom. The van der Waals surface area contributed by atoms with E-state index in [4.69, 9.17) is 0 Å². The predicted molar refractivity (Wildman–Crippen MR) is 72.3 cm³/mol. The normalized spacial score (nSPS) is 35.3. The van der Waals surface area contributed by atoms with Crippen molar-refractivity contribution in [3.63, 3.8) is 0 Å². The van der Waals surface area contributed by atoms with Gasteiger partial charge in [0.05, 0.1) is 6.04 Å². The Bertz CT molecular complexity index is 312.